The van der Waals surface area contributed by atoms with Gasteiger partial charge in [-0.05, 0) is 60.0 Å². The molecule has 0 aliphatic rings. The third kappa shape index (κ3) is 4.53. The monoisotopic (exact) mass is 527 g/mol. The van der Waals surface area contributed by atoms with Crippen molar-refractivity contribution in [1.82, 2.24) is 34.9 Å². The van der Waals surface area contributed by atoms with Gasteiger partial charge < -0.3 is 4.98 Å². The minimum absolute atomic E-state index is 0.0164. The highest BCUT2D eigenvalue weighted by Gasteiger charge is 2.17. The first-order valence-electron chi connectivity index (χ1n) is 11.7. The summed E-state index contributed by atoms with van der Waals surface area (Å²) in [5, 5.41) is 8.36. The molecule has 0 amide bonds. The average molecular weight is 528 g/mol. The summed E-state index contributed by atoms with van der Waals surface area (Å²) in [6.45, 7) is 1.99. The molecule has 0 fully saturated rings. The van der Waals surface area contributed by atoms with E-state index in [4.69, 9.17) is 4.98 Å². The highest BCUT2D eigenvalue weighted by molar-refractivity contribution is 7.88. The molecule has 11 heteroatoms. The lowest BCUT2D eigenvalue weighted by Gasteiger charge is -2.08. The molecule has 9 nitrogen and oxygen atoms in total. The van der Waals surface area contributed by atoms with E-state index in [0.29, 0.717) is 33.7 Å². The summed E-state index contributed by atoms with van der Waals surface area (Å²) in [6.07, 6.45) is 6.33. The number of rotatable bonds is 6. The van der Waals surface area contributed by atoms with E-state index in [-0.39, 0.29) is 6.54 Å². The zero-order chi connectivity index (χ0) is 26.4. The van der Waals surface area contributed by atoms with Crippen LogP contribution in [0.1, 0.15) is 11.1 Å². The van der Waals surface area contributed by atoms with Gasteiger partial charge in [-0.25, -0.2) is 22.5 Å². The molecule has 4 aromatic heterocycles. The minimum atomic E-state index is -3.42. The zero-order valence-electron chi connectivity index (χ0n) is 20.4. The first-order chi connectivity index (χ1) is 18.2. The van der Waals surface area contributed by atoms with E-state index in [2.05, 4.69) is 29.9 Å². The van der Waals surface area contributed by atoms with Gasteiger partial charge in [-0.3, -0.25) is 15.1 Å². The second kappa shape index (κ2) is 9.12. The van der Waals surface area contributed by atoms with Crippen LogP contribution in [0.15, 0.2) is 67.1 Å². The number of pyridine rings is 2. The van der Waals surface area contributed by atoms with Crippen LogP contribution in [0, 0.1) is 12.7 Å². The van der Waals surface area contributed by atoms with Crippen molar-refractivity contribution in [2.24, 2.45) is 0 Å². The van der Waals surface area contributed by atoms with E-state index >= 15 is 0 Å². The number of aryl methyl sites for hydroxylation is 1. The van der Waals surface area contributed by atoms with Gasteiger partial charge in [0, 0.05) is 35.5 Å². The Morgan fingerprint density at radius 1 is 1.03 bits per heavy atom. The molecule has 6 rings (SSSR count). The fourth-order valence-corrected chi connectivity index (χ4v) is 4.91. The van der Waals surface area contributed by atoms with E-state index in [0.717, 1.165) is 39.5 Å². The third-order valence-corrected chi connectivity index (χ3v) is 6.98. The van der Waals surface area contributed by atoms with Gasteiger partial charge in [0.25, 0.3) is 0 Å². The summed E-state index contributed by atoms with van der Waals surface area (Å²) in [5.41, 5.74) is 7.35. The molecule has 0 atom stereocenters. The van der Waals surface area contributed by atoms with Crippen LogP contribution in [-0.4, -0.2) is 44.8 Å². The Morgan fingerprint density at radius 3 is 2.71 bits per heavy atom. The van der Waals surface area contributed by atoms with Gasteiger partial charge in [-0.2, -0.15) is 5.10 Å². The molecule has 0 saturated carbocycles. The molecule has 0 unspecified atom stereocenters. The van der Waals surface area contributed by atoms with Crippen LogP contribution in [0.4, 0.5) is 4.39 Å². The number of sulfonamides is 1. The Morgan fingerprint density at radius 2 is 1.89 bits per heavy atom. The summed E-state index contributed by atoms with van der Waals surface area (Å²) in [4.78, 5) is 17.0. The molecule has 4 heterocycles. The molecule has 0 aliphatic heterocycles. The second-order valence-corrected chi connectivity index (χ2v) is 10.9. The zero-order valence-corrected chi connectivity index (χ0v) is 21.3. The van der Waals surface area contributed by atoms with Crippen molar-refractivity contribution in [3.05, 3.63) is 84.1 Å². The van der Waals surface area contributed by atoms with Crippen LogP contribution in [0.2, 0.25) is 0 Å². The number of H-pyrrole nitrogens is 2. The molecule has 0 aliphatic carbocycles. The second-order valence-electron chi connectivity index (χ2n) is 9.11. The molecule has 6 aromatic rings. The Balaban J connectivity index is 1.44. The summed E-state index contributed by atoms with van der Waals surface area (Å²) in [6, 6.07) is 14.0. The van der Waals surface area contributed by atoms with Crippen molar-refractivity contribution in [3.8, 4) is 33.9 Å². The van der Waals surface area contributed by atoms with Crippen molar-refractivity contribution < 1.29 is 12.8 Å². The van der Waals surface area contributed by atoms with Crippen molar-refractivity contribution in [3.63, 3.8) is 0 Å². The van der Waals surface area contributed by atoms with E-state index in [1.807, 2.05) is 37.3 Å². The van der Waals surface area contributed by atoms with Gasteiger partial charge in [-0.15, -0.1) is 0 Å². The number of hydrogen-bond acceptors (Lipinski definition) is 6. The number of aromatic nitrogens is 6. The maximum Gasteiger partial charge on any atom is 0.209 e. The van der Waals surface area contributed by atoms with Crippen LogP contribution >= 0.6 is 0 Å². The van der Waals surface area contributed by atoms with Crippen LogP contribution < -0.4 is 4.72 Å². The molecular formula is C27H22FN7O2S. The Bertz CT molecular complexity index is 1950. The van der Waals surface area contributed by atoms with Crippen LogP contribution in [0.5, 0.6) is 0 Å². The van der Waals surface area contributed by atoms with Crippen molar-refractivity contribution in [2.45, 2.75) is 13.5 Å². The predicted octanol–water partition coefficient (Wildman–Crippen LogP) is 4.73. The summed E-state index contributed by atoms with van der Waals surface area (Å²) in [7, 11) is -3.42. The number of imidazole rings is 1. The molecule has 0 bridgehead atoms. The number of halogens is 1. The SMILES string of the molecule is Cc1ccncc1-c1cc2c(-c3nc4c(-c5cc(F)cc(CNS(C)(=O)=O)c5)cccc4[nH]3)n[nH]c2cn1. The van der Waals surface area contributed by atoms with Crippen LogP contribution in [0.3, 0.4) is 0 Å². The quantitative estimate of drug-likeness (QED) is 0.287. The maximum atomic E-state index is 14.5. The highest BCUT2D eigenvalue weighted by atomic mass is 32.2. The number of hydrogen-bond donors (Lipinski definition) is 3. The Labute approximate surface area is 217 Å². The molecule has 0 saturated heterocycles. The van der Waals surface area contributed by atoms with Gasteiger partial charge in [0.15, 0.2) is 5.82 Å². The van der Waals surface area contributed by atoms with Gasteiger partial charge in [0.2, 0.25) is 10.0 Å². The first kappa shape index (κ1) is 23.9. The number of aromatic amines is 2. The summed E-state index contributed by atoms with van der Waals surface area (Å²) in [5.74, 6) is 0.0821. The predicted molar refractivity (Wildman–Crippen MR) is 144 cm³/mol. The largest absolute Gasteiger partial charge is 0.337 e. The number of para-hydroxylation sites is 1. The van der Waals surface area contributed by atoms with Gasteiger partial charge >= 0.3 is 0 Å². The molecule has 190 valence electrons. The average Bonchev–Trinajstić information content (AvgIpc) is 3.50. The number of fused-ring (bicyclic) bond motifs is 2. The van der Waals surface area contributed by atoms with E-state index in [1.54, 1.807) is 24.7 Å². The van der Waals surface area contributed by atoms with Crippen LogP contribution in [0.25, 0.3) is 55.8 Å². The maximum absolute atomic E-state index is 14.5. The lowest BCUT2D eigenvalue weighted by Crippen LogP contribution is -2.21. The highest BCUT2D eigenvalue weighted by Crippen LogP contribution is 2.33. The fourth-order valence-electron chi connectivity index (χ4n) is 4.48. The van der Waals surface area contributed by atoms with Crippen molar-refractivity contribution in [2.75, 3.05) is 6.26 Å². The summed E-state index contributed by atoms with van der Waals surface area (Å²) >= 11 is 0. The number of nitrogens with zero attached hydrogens (tertiary/aromatic N) is 4. The Hall–Kier alpha value is -4.48. The van der Waals surface area contributed by atoms with Gasteiger partial charge in [-0.1, -0.05) is 12.1 Å². The lowest BCUT2D eigenvalue weighted by molar-refractivity contribution is 0.586. The smallest absolute Gasteiger partial charge is 0.209 e. The molecule has 0 spiro atoms. The topological polar surface area (TPSA) is 129 Å². The minimum Gasteiger partial charge on any atom is -0.337 e. The lowest BCUT2D eigenvalue weighted by atomic mass is 10.0. The van der Waals surface area contributed by atoms with E-state index < -0.39 is 15.8 Å². The summed E-state index contributed by atoms with van der Waals surface area (Å²) < 4.78 is 39.9. The fraction of sp³-hybridized carbons (Fsp3) is 0.111. The molecular weight excluding hydrogens is 505 g/mol. The molecule has 2 aromatic carbocycles. The number of nitrogens with one attached hydrogen (secondary N) is 3. The number of benzene rings is 2. The van der Waals surface area contributed by atoms with Gasteiger partial charge in [0.05, 0.1) is 34.7 Å². The molecule has 3 N–H and O–H groups in total. The van der Waals surface area contributed by atoms with Crippen LogP contribution in [-0.2, 0) is 16.6 Å². The van der Waals surface area contributed by atoms with Crippen molar-refractivity contribution in [1.29, 1.82) is 0 Å². The third-order valence-electron chi connectivity index (χ3n) is 6.31. The van der Waals surface area contributed by atoms with Gasteiger partial charge in [0.1, 0.15) is 11.5 Å². The molecule has 38 heavy (non-hydrogen) atoms. The van der Waals surface area contributed by atoms with Crippen molar-refractivity contribution >= 4 is 32.0 Å². The molecule has 0 radical (unpaired) electrons. The normalized spacial score (nSPS) is 12.0. The first-order valence-corrected chi connectivity index (χ1v) is 13.6. The standard InChI is InChI=1S/C27H22FN7O2S/c1-15-6-7-29-13-21(15)23-11-20-24(14-30-23)34-35-26(20)27-32-22-5-3-4-19(25(22)33-27)17-8-16(9-18(28)10-17)12-31-38(2,36)37/h3-11,13-14,31H,12H2,1-2H3,(H,32,33)(H,34,35). The van der Waals surface area contributed by atoms with E-state index in [9.17, 15) is 12.8 Å². The Kier molecular flexibility index (Phi) is 5.73. The van der Waals surface area contributed by atoms with E-state index in [1.165, 1.54) is 12.1 Å².